The van der Waals surface area contributed by atoms with Crippen molar-refractivity contribution in [2.24, 2.45) is 28.6 Å². The highest BCUT2D eigenvalue weighted by atomic mass is 16.5. The molecule has 1 heterocycles. The van der Waals surface area contributed by atoms with Crippen LogP contribution in [0.25, 0.3) is 0 Å². The molecule has 0 aromatic heterocycles. The van der Waals surface area contributed by atoms with Gasteiger partial charge in [-0.05, 0) is 49.6 Å². The first kappa shape index (κ1) is 13.4. The Labute approximate surface area is 116 Å². The number of hydrogen-bond donors (Lipinski definition) is 1. The summed E-state index contributed by atoms with van der Waals surface area (Å²) >= 11 is 0. The molecule has 19 heavy (non-hydrogen) atoms. The van der Waals surface area contributed by atoms with Crippen molar-refractivity contribution in [1.29, 1.82) is 0 Å². The van der Waals surface area contributed by atoms with Crippen molar-refractivity contribution in [3.05, 3.63) is 0 Å². The van der Waals surface area contributed by atoms with Crippen LogP contribution in [0.4, 0.5) is 0 Å². The van der Waals surface area contributed by atoms with Gasteiger partial charge in [0.2, 0.25) is 0 Å². The molecule has 0 aromatic rings. The molecule has 3 heteroatoms. The van der Waals surface area contributed by atoms with Gasteiger partial charge >= 0.3 is 5.97 Å². The van der Waals surface area contributed by atoms with E-state index in [0.29, 0.717) is 11.3 Å². The maximum atomic E-state index is 12.3. The third-order valence-electron chi connectivity index (χ3n) is 6.86. The fraction of sp³-hybridized carbons (Fsp3) is 0.938. The molecule has 4 unspecified atom stereocenters. The molecular formula is C16H27NO2. The molecule has 3 nitrogen and oxygen atoms in total. The monoisotopic (exact) mass is 265 g/mol. The lowest BCUT2D eigenvalue weighted by Gasteiger charge is -2.39. The third-order valence-corrected chi connectivity index (χ3v) is 6.86. The van der Waals surface area contributed by atoms with Gasteiger partial charge in [0.1, 0.15) is 6.10 Å². The van der Waals surface area contributed by atoms with E-state index in [9.17, 15) is 4.79 Å². The summed E-state index contributed by atoms with van der Waals surface area (Å²) in [6, 6.07) is 0. The van der Waals surface area contributed by atoms with Crippen LogP contribution in [0.1, 0.15) is 47.0 Å². The Bertz CT molecular complexity index is 388. The molecule has 0 spiro atoms. The van der Waals surface area contributed by atoms with Gasteiger partial charge in [0, 0.05) is 5.41 Å². The average molecular weight is 265 g/mol. The lowest BCUT2D eigenvalue weighted by Crippen LogP contribution is -2.48. The van der Waals surface area contributed by atoms with Crippen molar-refractivity contribution in [2.45, 2.75) is 53.1 Å². The van der Waals surface area contributed by atoms with Crippen molar-refractivity contribution in [3.63, 3.8) is 0 Å². The van der Waals surface area contributed by atoms with Gasteiger partial charge in [-0.1, -0.05) is 27.7 Å². The highest BCUT2D eigenvalue weighted by molar-refractivity contribution is 5.73. The summed E-state index contributed by atoms with van der Waals surface area (Å²) in [5, 5.41) is 3.23. The molecule has 2 saturated carbocycles. The molecule has 108 valence electrons. The number of ether oxygens (including phenoxy) is 1. The Morgan fingerprint density at radius 1 is 1.32 bits per heavy atom. The van der Waals surface area contributed by atoms with E-state index in [-0.39, 0.29) is 23.4 Å². The highest BCUT2D eigenvalue weighted by Gasteiger charge is 2.63. The van der Waals surface area contributed by atoms with Crippen molar-refractivity contribution >= 4 is 5.97 Å². The molecule has 2 bridgehead atoms. The normalized spacial score (nSPS) is 41.9. The van der Waals surface area contributed by atoms with Crippen LogP contribution in [0, 0.1) is 28.6 Å². The van der Waals surface area contributed by atoms with Gasteiger partial charge < -0.3 is 10.1 Å². The number of esters is 1. The summed E-state index contributed by atoms with van der Waals surface area (Å²) in [4.78, 5) is 12.3. The SMILES string of the molecule is CC(C(=O)OC1CC2CCC1(C)C2(C)C)C1CNC1. The fourth-order valence-corrected chi connectivity index (χ4v) is 4.41. The smallest absolute Gasteiger partial charge is 0.309 e. The van der Waals surface area contributed by atoms with Crippen LogP contribution in [0.3, 0.4) is 0 Å². The number of nitrogens with one attached hydrogen (secondary N) is 1. The van der Waals surface area contributed by atoms with Gasteiger partial charge in [0.25, 0.3) is 0 Å². The molecule has 3 fully saturated rings. The summed E-state index contributed by atoms with van der Waals surface area (Å²) in [6.07, 6.45) is 3.73. The van der Waals surface area contributed by atoms with E-state index in [2.05, 4.69) is 26.1 Å². The molecule has 0 amide bonds. The minimum atomic E-state index is 0.0288. The molecular weight excluding hydrogens is 238 g/mol. The van der Waals surface area contributed by atoms with Gasteiger partial charge in [0.15, 0.2) is 0 Å². The molecule has 0 radical (unpaired) electrons. The predicted octanol–water partition coefficient (Wildman–Crippen LogP) is 2.60. The third kappa shape index (κ3) is 1.77. The van der Waals surface area contributed by atoms with Gasteiger partial charge in [-0.25, -0.2) is 0 Å². The number of fused-ring (bicyclic) bond motifs is 2. The van der Waals surface area contributed by atoms with E-state index < -0.39 is 0 Å². The summed E-state index contributed by atoms with van der Waals surface area (Å²) in [5.74, 6) is 1.29. The van der Waals surface area contributed by atoms with Crippen LogP contribution in [0.2, 0.25) is 0 Å². The van der Waals surface area contributed by atoms with Gasteiger partial charge in [-0.2, -0.15) is 0 Å². The first-order valence-electron chi connectivity index (χ1n) is 7.77. The molecule has 4 atom stereocenters. The molecule has 2 aliphatic carbocycles. The van der Waals surface area contributed by atoms with Gasteiger partial charge in [0.05, 0.1) is 5.92 Å². The quantitative estimate of drug-likeness (QED) is 0.797. The van der Waals surface area contributed by atoms with Crippen LogP contribution in [0.15, 0.2) is 0 Å². The summed E-state index contributed by atoms with van der Waals surface area (Å²) < 4.78 is 5.94. The van der Waals surface area contributed by atoms with Crippen LogP contribution >= 0.6 is 0 Å². The Kier molecular flexibility index (Phi) is 2.97. The Morgan fingerprint density at radius 3 is 2.42 bits per heavy atom. The Morgan fingerprint density at radius 2 is 2.00 bits per heavy atom. The zero-order chi connectivity index (χ0) is 13.8. The topological polar surface area (TPSA) is 38.3 Å². The van der Waals surface area contributed by atoms with Crippen molar-refractivity contribution in [3.8, 4) is 0 Å². The highest BCUT2D eigenvalue weighted by Crippen LogP contribution is 2.66. The molecule has 1 saturated heterocycles. The van der Waals surface area contributed by atoms with Gasteiger partial charge in [-0.15, -0.1) is 0 Å². The van der Waals surface area contributed by atoms with Crippen LogP contribution < -0.4 is 5.32 Å². The second-order valence-electron chi connectivity index (χ2n) is 7.74. The minimum Gasteiger partial charge on any atom is -0.462 e. The van der Waals surface area contributed by atoms with E-state index in [4.69, 9.17) is 4.74 Å². The maximum absolute atomic E-state index is 12.3. The summed E-state index contributed by atoms with van der Waals surface area (Å²) in [6.45, 7) is 11.0. The molecule has 0 aromatic carbocycles. The fourth-order valence-electron chi connectivity index (χ4n) is 4.41. The molecule has 3 aliphatic rings. The Balaban J connectivity index is 1.66. The first-order chi connectivity index (χ1) is 8.86. The van der Waals surface area contributed by atoms with Crippen molar-refractivity contribution < 1.29 is 9.53 Å². The Hall–Kier alpha value is -0.570. The zero-order valence-electron chi connectivity index (χ0n) is 12.7. The molecule has 3 rings (SSSR count). The largest absolute Gasteiger partial charge is 0.462 e. The van der Waals surface area contributed by atoms with E-state index in [1.54, 1.807) is 0 Å². The maximum Gasteiger partial charge on any atom is 0.309 e. The zero-order valence-corrected chi connectivity index (χ0v) is 12.7. The van der Waals surface area contributed by atoms with Crippen LogP contribution in [-0.2, 0) is 9.53 Å². The average Bonchev–Trinajstić information content (AvgIpc) is 2.59. The van der Waals surface area contributed by atoms with Crippen LogP contribution in [0.5, 0.6) is 0 Å². The van der Waals surface area contributed by atoms with E-state index in [0.717, 1.165) is 25.4 Å². The minimum absolute atomic E-state index is 0.0288. The number of carbonyl (C=O) groups is 1. The van der Waals surface area contributed by atoms with Crippen molar-refractivity contribution in [1.82, 2.24) is 5.32 Å². The first-order valence-corrected chi connectivity index (χ1v) is 7.77. The lowest BCUT2D eigenvalue weighted by molar-refractivity contribution is -0.163. The summed E-state index contributed by atoms with van der Waals surface area (Å²) in [5.41, 5.74) is 0.504. The second kappa shape index (κ2) is 4.21. The van der Waals surface area contributed by atoms with E-state index >= 15 is 0 Å². The summed E-state index contributed by atoms with van der Waals surface area (Å²) in [7, 11) is 0. The predicted molar refractivity (Wildman–Crippen MR) is 74.6 cm³/mol. The standard InChI is InChI=1S/C16H27NO2/c1-10(11-8-17-9-11)14(18)19-13-7-12-5-6-16(13,4)15(12,2)3/h10-13,17H,5-9H2,1-4H3. The number of carbonyl (C=O) groups excluding carboxylic acids is 1. The number of rotatable bonds is 3. The molecule has 1 aliphatic heterocycles. The van der Waals surface area contributed by atoms with Gasteiger partial charge in [-0.3, -0.25) is 4.79 Å². The number of hydrogen-bond acceptors (Lipinski definition) is 3. The van der Waals surface area contributed by atoms with E-state index in [1.165, 1.54) is 12.8 Å². The van der Waals surface area contributed by atoms with Crippen molar-refractivity contribution in [2.75, 3.05) is 13.1 Å². The molecule has 1 N–H and O–H groups in total. The van der Waals surface area contributed by atoms with Crippen LogP contribution in [-0.4, -0.2) is 25.2 Å². The second-order valence-corrected chi connectivity index (χ2v) is 7.74. The van der Waals surface area contributed by atoms with E-state index in [1.807, 2.05) is 6.92 Å². The lowest BCUT2D eigenvalue weighted by atomic mass is 9.70.